The predicted molar refractivity (Wildman–Crippen MR) is 70.5 cm³/mol. The van der Waals surface area contributed by atoms with Gasteiger partial charge in [0.2, 0.25) is 5.88 Å². The van der Waals surface area contributed by atoms with E-state index in [2.05, 4.69) is 4.98 Å². The predicted octanol–water partition coefficient (Wildman–Crippen LogP) is 2.75. The first-order valence-electron chi connectivity index (χ1n) is 5.56. The van der Waals surface area contributed by atoms with Crippen molar-refractivity contribution >= 4 is 12.0 Å². The molecule has 18 heavy (non-hydrogen) atoms. The van der Waals surface area contributed by atoms with Crippen LogP contribution in [0.25, 0.3) is 0 Å². The van der Waals surface area contributed by atoms with Gasteiger partial charge in [0.05, 0.1) is 5.56 Å². The number of rotatable bonds is 4. The zero-order valence-electron chi connectivity index (χ0n) is 10.3. The van der Waals surface area contributed by atoms with Crippen LogP contribution in [-0.2, 0) is 0 Å². The molecule has 0 aliphatic heterocycles. The minimum Gasteiger partial charge on any atom is -0.438 e. The smallest absolute Gasteiger partial charge is 0.229 e. The van der Waals surface area contributed by atoms with Crippen molar-refractivity contribution in [3.8, 4) is 11.6 Å². The SMILES string of the molecule is CN(C)c1cccc(Oc2ncccc2C=O)c1. The van der Waals surface area contributed by atoms with Crippen LogP contribution < -0.4 is 9.64 Å². The zero-order chi connectivity index (χ0) is 13.0. The van der Waals surface area contributed by atoms with Crippen LogP contribution >= 0.6 is 0 Å². The summed E-state index contributed by atoms with van der Waals surface area (Å²) in [6.07, 6.45) is 2.33. The topological polar surface area (TPSA) is 42.4 Å². The molecule has 0 N–H and O–H groups in total. The summed E-state index contributed by atoms with van der Waals surface area (Å²) in [5.41, 5.74) is 1.46. The molecule has 2 aromatic rings. The first kappa shape index (κ1) is 12.1. The van der Waals surface area contributed by atoms with Gasteiger partial charge in [-0.2, -0.15) is 0 Å². The Kier molecular flexibility index (Phi) is 3.57. The fourth-order valence-corrected chi connectivity index (χ4v) is 1.52. The van der Waals surface area contributed by atoms with E-state index < -0.39 is 0 Å². The summed E-state index contributed by atoms with van der Waals surface area (Å²) in [4.78, 5) is 16.9. The van der Waals surface area contributed by atoms with Crippen LogP contribution in [0.2, 0.25) is 0 Å². The van der Waals surface area contributed by atoms with E-state index in [1.807, 2.05) is 43.3 Å². The minimum absolute atomic E-state index is 0.323. The summed E-state index contributed by atoms with van der Waals surface area (Å²) in [6, 6.07) is 11.0. The third kappa shape index (κ3) is 2.66. The highest BCUT2D eigenvalue weighted by atomic mass is 16.5. The lowest BCUT2D eigenvalue weighted by molar-refractivity contribution is 0.112. The van der Waals surface area contributed by atoms with E-state index in [1.54, 1.807) is 18.3 Å². The molecule has 0 unspecified atom stereocenters. The number of anilines is 1. The lowest BCUT2D eigenvalue weighted by atomic mass is 10.3. The Morgan fingerprint density at radius 2 is 2.06 bits per heavy atom. The van der Waals surface area contributed by atoms with Crippen LogP contribution in [0.3, 0.4) is 0 Å². The standard InChI is InChI=1S/C14H14N2O2/c1-16(2)12-6-3-7-13(9-12)18-14-11(10-17)5-4-8-15-14/h3-10H,1-2H3. The van der Waals surface area contributed by atoms with Gasteiger partial charge in [-0.25, -0.2) is 4.98 Å². The van der Waals surface area contributed by atoms with Crippen molar-refractivity contribution in [3.05, 3.63) is 48.2 Å². The molecule has 0 amide bonds. The minimum atomic E-state index is 0.323. The summed E-state index contributed by atoms with van der Waals surface area (Å²) < 4.78 is 5.62. The number of carbonyl (C=O) groups excluding carboxylic acids is 1. The normalized spacial score (nSPS) is 9.89. The number of carbonyl (C=O) groups is 1. The van der Waals surface area contributed by atoms with Gasteiger partial charge in [0, 0.05) is 32.0 Å². The van der Waals surface area contributed by atoms with Gasteiger partial charge in [0.25, 0.3) is 0 Å². The Hall–Kier alpha value is -2.36. The Bertz CT molecular complexity index is 553. The van der Waals surface area contributed by atoms with Crippen LogP contribution in [0, 0.1) is 0 Å². The van der Waals surface area contributed by atoms with Gasteiger partial charge >= 0.3 is 0 Å². The highest BCUT2D eigenvalue weighted by Gasteiger charge is 2.05. The van der Waals surface area contributed by atoms with Crippen molar-refractivity contribution in [1.82, 2.24) is 4.98 Å². The van der Waals surface area contributed by atoms with Crippen molar-refractivity contribution in [3.63, 3.8) is 0 Å². The maximum atomic E-state index is 10.9. The molecule has 92 valence electrons. The van der Waals surface area contributed by atoms with Gasteiger partial charge in [-0.05, 0) is 24.3 Å². The summed E-state index contributed by atoms with van der Waals surface area (Å²) in [7, 11) is 3.91. The van der Waals surface area contributed by atoms with Crippen LogP contribution in [0.4, 0.5) is 5.69 Å². The molecule has 0 spiro atoms. The molecule has 0 aliphatic rings. The molecule has 0 atom stereocenters. The van der Waals surface area contributed by atoms with Gasteiger partial charge in [0.15, 0.2) is 6.29 Å². The maximum absolute atomic E-state index is 10.9. The molecular formula is C14H14N2O2. The third-order valence-electron chi connectivity index (χ3n) is 2.48. The largest absolute Gasteiger partial charge is 0.438 e. The van der Waals surface area contributed by atoms with Crippen molar-refractivity contribution < 1.29 is 9.53 Å². The molecule has 0 bridgehead atoms. The molecule has 2 rings (SSSR count). The fourth-order valence-electron chi connectivity index (χ4n) is 1.52. The van der Waals surface area contributed by atoms with E-state index in [1.165, 1.54) is 0 Å². The van der Waals surface area contributed by atoms with Gasteiger partial charge in [0.1, 0.15) is 5.75 Å². The molecule has 0 fully saturated rings. The highest BCUT2D eigenvalue weighted by Crippen LogP contribution is 2.25. The second-order valence-electron chi connectivity index (χ2n) is 4.01. The summed E-state index contributed by atoms with van der Waals surface area (Å²) in [5.74, 6) is 0.978. The van der Waals surface area contributed by atoms with Crippen LogP contribution in [0.5, 0.6) is 11.6 Å². The summed E-state index contributed by atoms with van der Waals surface area (Å²) in [5, 5.41) is 0. The number of nitrogens with zero attached hydrogens (tertiary/aromatic N) is 2. The van der Waals surface area contributed by atoms with Crippen molar-refractivity contribution in [2.24, 2.45) is 0 Å². The van der Waals surface area contributed by atoms with Crippen LogP contribution in [0.15, 0.2) is 42.6 Å². The second kappa shape index (κ2) is 5.31. The van der Waals surface area contributed by atoms with Gasteiger partial charge in [-0.15, -0.1) is 0 Å². The monoisotopic (exact) mass is 242 g/mol. The average molecular weight is 242 g/mol. The van der Waals surface area contributed by atoms with E-state index in [0.29, 0.717) is 17.2 Å². The van der Waals surface area contributed by atoms with E-state index in [0.717, 1.165) is 12.0 Å². The first-order valence-corrected chi connectivity index (χ1v) is 5.56. The average Bonchev–Trinajstić information content (AvgIpc) is 2.39. The lowest BCUT2D eigenvalue weighted by Gasteiger charge is -2.13. The maximum Gasteiger partial charge on any atom is 0.229 e. The molecule has 0 radical (unpaired) electrons. The molecule has 4 nitrogen and oxygen atoms in total. The van der Waals surface area contributed by atoms with E-state index in [9.17, 15) is 4.79 Å². The number of ether oxygens (including phenoxy) is 1. The number of hydrogen-bond acceptors (Lipinski definition) is 4. The quantitative estimate of drug-likeness (QED) is 0.773. The van der Waals surface area contributed by atoms with E-state index in [-0.39, 0.29) is 0 Å². The Labute approximate surface area is 106 Å². The molecule has 1 aromatic carbocycles. The molecule has 0 saturated carbocycles. The molecule has 4 heteroatoms. The van der Waals surface area contributed by atoms with Gasteiger partial charge in [-0.3, -0.25) is 4.79 Å². The molecule has 1 heterocycles. The number of hydrogen-bond donors (Lipinski definition) is 0. The third-order valence-corrected chi connectivity index (χ3v) is 2.48. The number of aldehydes is 1. The Morgan fingerprint density at radius 1 is 1.22 bits per heavy atom. The Morgan fingerprint density at radius 3 is 2.78 bits per heavy atom. The van der Waals surface area contributed by atoms with Crippen LogP contribution in [-0.4, -0.2) is 25.4 Å². The number of pyridine rings is 1. The summed E-state index contributed by atoms with van der Waals surface area (Å²) >= 11 is 0. The molecular weight excluding hydrogens is 228 g/mol. The van der Waals surface area contributed by atoms with Crippen molar-refractivity contribution in [2.75, 3.05) is 19.0 Å². The van der Waals surface area contributed by atoms with Gasteiger partial charge in [-0.1, -0.05) is 6.07 Å². The highest BCUT2D eigenvalue weighted by molar-refractivity contribution is 5.78. The van der Waals surface area contributed by atoms with Gasteiger partial charge < -0.3 is 9.64 Å². The number of benzene rings is 1. The molecule has 0 saturated heterocycles. The zero-order valence-corrected chi connectivity index (χ0v) is 10.3. The Balaban J connectivity index is 2.28. The number of aromatic nitrogens is 1. The van der Waals surface area contributed by atoms with E-state index >= 15 is 0 Å². The van der Waals surface area contributed by atoms with Crippen molar-refractivity contribution in [1.29, 1.82) is 0 Å². The lowest BCUT2D eigenvalue weighted by Crippen LogP contribution is -2.08. The fraction of sp³-hybridized carbons (Fsp3) is 0.143. The molecule has 0 aliphatic carbocycles. The second-order valence-corrected chi connectivity index (χ2v) is 4.01. The van der Waals surface area contributed by atoms with Crippen LogP contribution in [0.1, 0.15) is 10.4 Å². The van der Waals surface area contributed by atoms with Crippen molar-refractivity contribution in [2.45, 2.75) is 0 Å². The first-order chi connectivity index (χ1) is 8.70. The summed E-state index contributed by atoms with van der Waals surface area (Å²) in [6.45, 7) is 0. The molecule has 1 aromatic heterocycles. The van der Waals surface area contributed by atoms with E-state index in [4.69, 9.17) is 4.74 Å².